The predicted octanol–water partition coefficient (Wildman–Crippen LogP) is -0.249. The number of hydrogen-bond acceptors (Lipinski definition) is 4. The monoisotopic (exact) mass is 295 g/mol. The minimum atomic E-state index is -1.06. The van der Waals surface area contributed by atoms with Gasteiger partial charge in [-0.05, 0) is 14.0 Å². The number of carboxylic acid groups (broad SMARTS) is 1. The second kappa shape index (κ2) is 6.57. The number of amides is 2. The molecule has 2 heterocycles. The number of aromatic nitrogens is 2. The first-order chi connectivity index (χ1) is 9.97. The van der Waals surface area contributed by atoms with Crippen molar-refractivity contribution in [2.24, 2.45) is 0 Å². The number of carbonyl (C=O) groups excluding carboxylic acids is 1. The van der Waals surface area contributed by atoms with E-state index in [1.165, 1.54) is 6.33 Å². The Hall–Kier alpha value is -2.09. The van der Waals surface area contributed by atoms with Gasteiger partial charge in [-0.15, -0.1) is 0 Å². The van der Waals surface area contributed by atoms with Crippen LogP contribution in [0.1, 0.15) is 12.6 Å². The fourth-order valence-electron chi connectivity index (χ4n) is 2.29. The summed E-state index contributed by atoms with van der Waals surface area (Å²) >= 11 is 0. The maximum absolute atomic E-state index is 12.2. The molecule has 21 heavy (non-hydrogen) atoms. The van der Waals surface area contributed by atoms with Crippen LogP contribution >= 0.6 is 0 Å². The van der Waals surface area contributed by atoms with Crippen molar-refractivity contribution in [1.29, 1.82) is 0 Å². The lowest BCUT2D eigenvalue weighted by molar-refractivity contribution is -0.139. The molecule has 8 heteroatoms. The number of imidazole rings is 1. The summed E-state index contributed by atoms with van der Waals surface area (Å²) in [5.41, 5.74) is 0.675. The van der Waals surface area contributed by atoms with Gasteiger partial charge in [0.25, 0.3) is 0 Å². The highest BCUT2D eigenvalue weighted by atomic mass is 16.4. The van der Waals surface area contributed by atoms with Crippen LogP contribution in [0.2, 0.25) is 0 Å². The Morgan fingerprint density at radius 2 is 2.33 bits per heavy atom. The van der Waals surface area contributed by atoms with Gasteiger partial charge in [0.1, 0.15) is 6.04 Å². The molecule has 2 unspecified atom stereocenters. The Bertz CT molecular complexity index is 490. The molecule has 1 aliphatic heterocycles. The fourth-order valence-corrected chi connectivity index (χ4v) is 2.29. The van der Waals surface area contributed by atoms with Crippen LogP contribution in [0.25, 0.3) is 0 Å². The lowest BCUT2D eigenvalue weighted by Crippen LogP contribution is -2.57. The zero-order valence-electron chi connectivity index (χ0n) is 12.2. The molecule has 0 bridgehead atoms. The largest absolute Gasteiger partial charge is 0.480 e. The molecule has 8 nitrogen and oxygen atoms in total. The number of piperazine rings is 1. The number of aliphatic carboxylic acids is 1. The Morgan fingerprint density at radius 3 is 2.90 bits per heavy atom. The molecule has 1 aliphatic rings. The van der Waals surface area contributed by atoms with Crippen LogP contribution < -0.4 is 5.32 Å². The van der Waals surface area contributed by atoms with Gasteiger partial charge in [-0.25, -0.2) is 14.6 Å². The molecule has 0 aromatic carbocycles. The number of nitrogens with zero attached hydrogens (tertiary/aromatic N) is 3. The van der Waals surface area contributed by atoms with Crippen molar-refractivity contribution in [3.63, 3.8) is 0 Å². The molecular weight excluding hydrogens is 274 g/mol. The van der Waals surface area contributed by atoms with Crippen LogP contribution in [-0.2, 0) is 11.2 Å². The first-order valence-corrected chi connectivity index (χ1v) is 6.93. The number of likely N-dealkylation sites (N-methyl/N-ethyl adjacent to an activating group) is 1. The molecule has 1 aromatic rings. The minimum absolute atomic E-state index is 0.185. The van der Waals surface area contributed by atoms with E-state index in [1.807, 2.05) is 14.0 Å². The van der Waals surface area contributed by atoms with Crippen LogP contribution in [0.15, 0.2) is 12.5 Å². The number of carbonyl (C=O) groups is 2. The molecule has 2 atom stereocenters. The standard InChI is InChI=1S/C13H21N5O3/c1-9-7-18(4-3-17(9)2)13(21)16-11(12(19)20)5-10-6-14-8-15-10/h6,8-9,11H,3-5,7H2,1-2H3,(H,14,15)(H,16,21)(H,19,20). The third-order valence-electron chi connectivity index (χ3n) is 3.82. The van der Waals surface area contributed by atoms with E-state index < -0.39 is 12.0 Å². The van der Waals surface area contributed by atoms with E-state index in [1.54, 1.807) is 11.1 Å². The van der Waals surface area contributed by atoms with Gasteiger partial charge in [0.2, 0.25) is 0 Å². The number of urea groups is 1. The summed E-state index contributed by atoms with van der Waals surface area (Å²) < 4.78 is 0. The quantitative estimate of drug-likeness (QED) is 0.711. The van der Waals surface area contributed by atoms with Gasteiger partial charge >= 0.3 is 12.0 Å². The molecule has 116 valence electrons. The van der Waals surface area contributed by atoms with E-state index in [9.17, 15) is 14.7 Å². The summed E-state index contributed by atoms with van der Waals surface area (Å²) in [5, 5.41) is 11.8. The van der Waals surface area contributed by atoms with Gasteiger partial charge in [-0.3, -0.25) is 0 Å². The number of aromatic amines is 1. The van der Waals surface area contributed by atoms with Crippen molar-refractivity contribution >= 4 is 12.0 Å². The van der Waals surface area contributed by atoms with E-state index in [0.717, 1.165) is 6.54 Å². The van der Waals surface area contributed by atoms with Gasteiger partial charge in [0.15, 0.2) is 0 Å². The van der Waals surface area contributed by atoms with Crippen molar-refractivity contribution < 1.29 is 14.7 Å². The molecule has 2 amide bonds. The second-order valence-electron chi connectivity index (χ2n) is 5.40. The van der Waals surface area contributed by atoms with Crippen molar-refractivity contribution in [2.75, 3.05) is 26.7 Å². The fraction of sp³-hybridized carbons (Fsp3) is 0.615. The lowest BCUT2D eigenvalue weighted by Gasteiger charge is -2.38. The highest BCUT2D eigenvalue weighted by Gasteiger charge is 2.28. The summed E-state index contributed by atoms with van der Waals surface area (Å²) in [4.78, 5) is 34.0. The predicted molar refractivity (Wildman–Crippen MR) is 75.9 cm³/mol. The SMILES string of the molecule is CC1CN(C(=O)NC(Cc2cnc[nH]2)C(=O)O)CCN1C. The minimum Gasteiger partial charge on any atom is -0.480 e. The molecule has 2 rings (SSSR count). The van der Waals surface area contributed by atoms with Gasteiger partial charge in [0, 0.05) is 44.0 Å². The zero-order valence-corrected chi connectivity index (χ0v) is 12.2. The Balaban J connectivity index is 1.93. The molecule has 0 spiro atoms. The normalized spacial score (nSPS) is 21.0. The summed E-state index contributed by atoms with van der Waals surface area (Å²) in [6, 6.07) is -1.03. The third kappa shape index (κ3) is 3.94. The molecule has 3 N–H and O–H groups in total. The number of H-pyrrole nitrogens is 1. The number of rotatable bonds is 4. The van der Waals surface area contributed by atoms with Gasteiger partial charge in [-0.1, -0.05) is 0 Å². The average molecular weight is 295 g/mol. The maximum Gasteiger partial charge on any atom is 0.326 e. The van der Waals surface area contributed by atoms with Crippen molar-refractivity contribution in [3.8, 4) is 0 Å². The number of hydrogen-bond donors (Lipinski definition) is 3. The van der Waals surface area contributed by atoms with E-state index >= 15 is 0 Å². The first-order valence-electron chi connectivity index (χ1n) is 6.93. The van der Waals surface area contributed by atoms with Gasteiger partial charge in [0.05, 0.1) is 6.33 Å². The molecule has 0 aliphatic carbocycles. The molecular formula is C13H21N5O3. The van der Waals surface area contributed by atoms with E-state index in [0.29, 0.717) is 18.8 Å². The van der Waals surface area contributed by atoms with Gasteiger partial charge < -0.3 is 25.2 Å². The highest BCUT2D eigenvalue weighted by molar-refractivity contribution is 5.82. The summed E-state index contributed by atoms with van der Waals surface area (Å²) in [5.74, 6) is -1.06. The topological polar surface area (TPSA) is 102 Å². The Kier molecular flexibility index (Phi) is 4.79. The zero-order chi connectivity index (χ0) is 15.4. The molecule has 1 fully saturated rings. The van der Waals surface area contributed by atoms with Crippen LogP contribution in [0.3, 0.4) is 0 Å². The molecule has 1 aromatic heterocycles. The number of carboxylic acids is 1. The maximum atomic E-state index is 12.2. The van der Waals surface area contributed by atoms with Crippen LogP contribution in [0.4, 0.5) is 4.79 Å². The average Bonchev–Trinajstić information content (AvgIpc) is 2.93. The first kappa shape index (κ1) is 15.3. The highest BCUT2D eigenvalue weighted by Crippen LogP contribution is 2.08. The van der Waals surface area contributed by atoms with E-state index in [-0.39, 0.29) is 18.5 Å². The lowest BCUT2D eigenvalue weighted by atomic mass is 10.1. The smallest absolute Gasteiger partial charge is 0.326 e. The Labute approximate surface area is 123 Å². The van der Waals surface area contributed by atoms with Gasteiger partial charge in [-0.2, -0.15) is 0 Å². The van der Waals surface area contributed by atoms with Crippen LogP contribution in [0, 0.1) is 0 Å². The van der Waals surface area contributed by atoms with Crippen molar-refractivity contribution in [2.45, 2.75) is 25.4 Å². The van der Waals surface area contributed by atoms with E-state index in [2.05, 4.69) is 20.2 Å². The van der Waals surface area contributed by atoms with Crippen LogP contribution in [0.5, 0.6) is 0 Å². The Morgan fingerprint density at radius 1 is 1.57 bits per heavy atom. The summed E-state index contributed by atoms with van der Waals surface area (Å²) in [6.45, 7) is 4.02. The number of nitrogens with one attached hydrogen (secondary N) is 2. The van der Waals surface area contributed by atoms with E-state index in [4.69, 9.17) is 0 Å². The summed E-state index contributed by atoms with van der Waals surface area (Å²) in [6.07, 6.45) is 3.22. The summed E-state index contributed by atoms with van der Waals surface area (Å²) in [7, 11) is 2.01. The third-order valence-corrected chi connectivity index (χ3v) is 3.82. The van der Waals surface area contributed by atoms with Crippen molar-refractivity contribution in [3.05, 3.63) is 18.2 Å². The molecule has 0 radical (unpaired) electrons. The molecule has 1 saturated heterocycles. The second-order valence-corrected chi connectivity index (χ2v) is 5.40. The van der Waals surface area contributed by atoms with Crippen molar-refractivity contribution in [1.82, 2.24) is 25.1 Å². The van der Waals surface area contributed by atoms with Crippen LogP contribution in [-0.4, -0.2) is 75.6 Å². The molecule has 0 saturated carbocycles.